The molecule has 0 aliphatic heterocycles. The van der Waals surface area contributed by atoms with Crippen LogP contribution in [-0.2, 0) is 9.53 Å². The molecule has 0 radical (unpaired) electrons. The molecule has 208 valence electrons. The van der Waals surface area contributed by atoms with E-state index in [1.807, 2.05) is 0 Å². The third-order valence-electron chi connectivity index (χ3n) is 11.5. The maximum Gasteiger partial charge on any atom is 0.309 e. The van der Waals surface area contributed by atoms with Crippen LogP contribution in [0.25, 0.3) is 0 Å². The zero-order chi connectivity index (χ0) is 25.2. The SMILES string of the molecule is CCCCCC1CCC(C2CCC(C(=O)OC3CCC4(CCC(CCCCC)CC4)CC3)CC2)CC1. The van der Waals surface area contributed by atoms with E-state index in [1.54, 1.807) is 0 Å². The van der Waals surface area contributed by atoms with Gasteiger partial charge in [0.2, 0.25) is 0 Å². The summed E-state index contributed by atoms with van der Waals surface area (Å²) in [4.78, 5) is 13.0. The number of carbonyl (C=O) groups is 1. The molecule has 36 heavy (non-hydrogen) atoms. The van der Waals surface area contributed by atoms with Crippen LogP contribution >= 0.6 is 0 Å². The van der Waals surface area contributed by atoms with E-state index in [4.69, 9.17) is 4.74 Å². The van der Waals surface area contributed by atoms with Crippen LogP contribution in [0.2, 0.25) is 0 Å². The molecule has 0 aromatic rings. The Morgan fingerprint density at radius 2 is 1.08 bits per heavy atom. The Bertz CT molecular complexity index is 607. The average Bonchev–Trinajstić information content (AvgIpc) is 2.92. The van der Waals surface area contributed by atoms with E-state index >= 15 is 0 Å². The van der Waals surface area contributed by atoms with Crippen molar-refractivity contribution in [1.82, 2.24) is 0 Å². The second-order valence-corrected chi connectivity index (χ2v) is 14.0. The summed E-state index contributed by atoms with van der Waals surface area (Å²) in [7, 11) is 0. The van der Waals surface area contributed by atoms with Gasteiger partial charge in [-0.3, -0.25) is 4.79 Å². The Morgan fingerprint density at radius 1 is 0.611 bits per heavy atom. The van der Waals surface area contributed by atoms with Gasteiger partial charge >= 0.3 is 5.97 Å². The maximum absolute atomic E-state index is 13.0. The second-order valence-electron chi connectivity index (χ2n) is 14.0. The summed E-state index contributed by atoms with van der Waals surface area (Å²) in [5, 5.41) is 0. The number of hydrogen-bond donors (Lipinski definition) is 0. The Hall–Kier alpha value is -0.530. The van der Waals surface area contributed by atoms with Crippen molar-refractivity contribution in [3.8, 4) is 0 Å². The molecule has 4 aliphatic carbocycles. The minimum atomic E-state index is 0.161. The van der Waals surface area contributed by atoms with Gasteiger partial charge < -0.3 is 4.74 Å². The van der Waals surface area contributed by atoms with Crippen LogP contribution in [0.15, 0.2) is 0 Å². The van der Waals surface area contributed by atoms with Gasteiger partial charge in [-0.1, -0.05) is 78.1 Å². The lowest BCUT2D eigenvalue weighted by molar-refractivity contribution is -0.159. The molecule has 0 N–H and O–H groups in total. The summed E-state index contributed by atoms with van der Waals surface area (Å²) < 4.78 is 6.15. The van der Waals surface area contributed by atoms with Crippen LogP contribution in [0, 0.1) is 35.0 Å². The quantitative estimate of drug-likeness (QED) is 0.208. The Balaban J connectivity index is 1.09. The van der Waals surface area contributed by atoms with Gasteiger partial charge in [0, 0.05) is 0 Å². The van der Waals surface area contributed by atoms with Crippen LogP contribution in [-0.4, -0.2) is 12.1 Å². The molecule has 1 spiro atoms. The molecular formula is C34H60O2. The number of esters is 1. The number of carbonyl (C=O) groups excluding carboxylic acids is 1. The highest BCUT2D eigenvalue weighted by Crippen LogP contribution is 2.50. The van der Waals surface area contributed by atoms with E-state index in [-0.39, 0.29) is 18.0 Å². The zero-order valence-electron chi connectivity index (χ0n) is 24.3. The van der Waals surface area contributed by atoms with E-state index in [0.717, 1.165) is 49.4 Å². The summed E-state index contributed by atoms with van der Waals surface area (Å²) in [6.45, 7) is 4.63. The van der Waals surface area contributed by atoms with Gasteiger partial charge in [0.25, 0.3) is 0 Å². The van der Waals surface area contributed by atoms with Gasteiger partial charge in [-0.15, -0.1) is 0 Å². The van der Waals surface area contributed by atoms with E-state index in [9.17, 15) is 4.79 Å². The first-order chi connectivity index (χ1) is 17.6. The highest BCUT2D eigenvalue weighted by molar-refractivity contribution is 5.72. The molecule has 0 aromatic heterocycles. The van der Waals surface area contributed by atoms with Crippen LogP contribution in [0.5, 0.6) is 0 Å². The lowest BCUT2D eigenvalue weighted by atomic mass is 9.62. The van der Waals surface area contributed by atoms with Crippen LogP contribution in [0.4, 0.5) is 0 Å². The molecule has 4 aliphatic rings. The molecule has 0 atom stereocenters. The molecule has 4 saturated carbocycles. The Kier molecular flexibility index (Phi) is 11.5. The molecular weight excluding hydrogens is 440 g/mol. The maximum atomic E-state index is 13.0. The summed E-state index contributed by atoms with van der Waals surface area (Å²) in [5.41, 5.74) is 0.594. The third-order valence-corrected chi connectivity index (χ3v) is 11.5. The van der Waals surface area contributed by atoms with Gasteiger partial charge in [-0.2, -0.15) is 0 Å². The monoisotopic (exact) mass is 500 g/mol. The number of rotatable bonds is 11. The van der Waals surface area contributed by atoms with Gasteiger partial charge in [0.1, 0.15) is 6.10 Å². The van der Waals surface area contributed by atoms with Gasteiger partial charge in [-0.05, 0) is 119 Å². The fourth-order valence-corrected chi connectivity index (χ4v) is 8.80. The predicted octanol–water partition coefficient (Wildman–Crippen LogP) is 10.4. The topological polar surface area (TPSA) is 26.3 Å². The molecule has 2 heteroatoms. The van der Waals surface area contributed by atoms with Crippen molar-refractivity contribution in [1.29, 1.82) is 0 Å². The molecule has 0 saturated heterocycles. The van der Waals surface area contributed by atoms with Gasteiger partial charge in [-0.25, -0.2) is 0 Å². The molecule has 0 unspecified atom stereocenters. The molecule has 0 amide bonds. The van der Waals surface area contributed by atoms with Gasteiger partial charge in [0.15, 0.2) is 0 Å². The molecule has 2 nitrogen and oxygen atoms in total. The van der Waals surface area contributed by atoms with Crippen molar-refractivity contribution in [2.45, 2.75) is 174 Å². The van der Waals surface area contributed by atoms with Crippen molar-refractivity contribution < 1.29 is 9.53 Å². The molecule has 0 bridgehead atoms. The first-order valence-corrected chi connectivity index (χ1v) is 16.8. The lowest BCUT2D eigenvalue weighted by Crippen LogP contribution is -2.36. The minimum absolute atomic E-state index is 0.161. The van der Waals surface area contributed by atoms with Crippen molar-refractivity contribution >= 4 is 5.97 Å². The highest BCUT2D eigenvalue weighted by Gasteiger charge is 2.40. The smallest absolute Gasteiger partial charge is 0.309 e. The lowest BCUT2D eigenvalue weighted by Gasteiger charge is -2.45. The minimum Gasteiger partial charge on any atom is -0.462 e. The summed E-state index contributed by atoms with van der Waals surface area (Å²) in [6, 6.07) is 0. The first-order valence-electron chi connectivity index (χ1n) is 16.8. The average molecular weight is 501 g/mol. The zero-order valence-corrected chi connectivity index (χ0v) is 24.3. The van der Waals surface area contributed by atoms with Crippen molar-refractivity contribution in [3.05, 3.63) is 0 Å². The second kappa shape index (κ2) is 14.6. The van der Waals surface area contributed by atoms with E-state index in [1.165, 1.54) is 128 Å². The van der Waals surface area contributed by atoms with Crippen LogP contribution in [0.1, 0.15) is 168 Å². The summed E-state index contributed by atoms with van der Waals surface area (Å²) in [5.74, 6) is 4.19. The van der Waals surface area contributed by atoms with Crippen molar-refractivity contribution in [2.24, 2.45) is 35.0 Å². The Labute approximate surface area is 224 Å². The van der Waals surface area contributed by atoms with Crippen LogP contribution < -0.4 is 0 Å². The van der Waals surface area contributed by atoms with Crippen molar-refractivity contribution in [2.75, 3.05) is 0 Å². The van der Waals surface area contributed by atoms with Gasteiger partial charge in [0.05, 0.1) is 5.92 Å². The highest BCUT2D eigenvalue weighted by atomic mass is 16.5. The summed E-state index contributed by atoms with van der Waals surface area (Å²) in [6.07, 6.45) is 32.8. The van der Waals surface area contributed by atoms with E-state index < -0.39 is 0 Å². The molecule has 4 rings (SSSR count). The van der Waals surface area contributed by atoms with E-state index in [2.05, 4.69) is 13.8 Å². The summed E-state index contributed by atoms with van der Waals surface area (Å²) >= 11 is 0. The standard InChI is InChI=1S/C34H60O2/c1-3-5-7-9-27-11-13-29(14-12-27)30-15-17-31(18-16-30)33(35)36-32-21-25-34(26-22-32)23-19-28(20-24-34)10-8-6-4-2/h27-32H,3-26H2,1-2H3. The van der Waals surface area contributed by atoms with Crippen LogP contribution in [0.3, 0.4) is 0 Å². The number of hydrogen-bond acceptors (Lipinski definition) is 2. The number of unbranched alkanes of at least 4 members (excludes halogenated alkanes) is 4. The molecule has 4 fully saturated rings. The predicted molar refractivity (Wildman–Crippen MR) is 152 cm³/mol. The number of ether oxygens (including phenoxy) is 1. The largest absolute Gasteiger partial charge is 0.462 e. The Morgan fingerprint density at radius 3 is 1.61 bits per heavy atom. The van der Waals surface area contributed by atoms with Crippen molar-refractivity contribution in [3.63, 3.8) is 0 Å². The normalized spacial score (nSPS) is 37.6. The molecule has 0 aromatic carbocycles. The molecule has 0 heterocycles. The fourth-order valence-electron chi connectivity index (χ4n) is 8.80. The third kappa shape index (κ3) is 8.23. The fraction of sp³-hybridized carbons (Fsp3) is 0.971. The van der Waals surface area contributed by atoms with E-state index in [0.29, 0.717) is 5.41 Å². The first kappa shape index (κ1) is 28.5.